The Labute approximate surface area is 131 Å². The zero-order valence-corrected chi connectivity index (χ0v) is 13.7. The van der Waals surface area contributed by atoms with Crippen molar-refractivity contribution in [3.05, 3.63) is 40.7 Å². The van der Waals surface area contributed by atoms with E-state index in [1.807, 2.05) is 20.0 Å². The lowest BCUT2D eigenvalue weighted by Crippen LogP contribution is -2.27. The lowest BCUT2D eigenvalue weighted by molar-refractivity contribution is 0.141. The van der Waals surface area contributed by atoms with Crippen LogP contribution in [0.1, 0.15) is 24.8 Å². The molecule has 1 N–H and O–H groups in total. The summed E-state index contributed by atoms with van der Waals surface area (Å²) in [5.41, 5.74) is 2.28. The zero-order valence-electron chi connectivity index (χ0n) is 12.8. The SMILES string of the molecule is CCOCCCC(Cc1nc(-c2ccccc2)cs1)NC. The third kappa shape index (κ3) is 5.23. The molecule has 0 spiro atoms. The molecule has 1 aromatic heterocycles. The summed E-state index contributed by atoms with van der Waals surface area (Å²) in [5.74, 6) is 0. The van der Waals surface area contributed by atoms with E-state index in [1.165, 1.54) is 10.6 Å². The van der Waals surface area contributed by atoms with E-state index in [0.717, 1.165) is 38.2 Å². The lowest BCUT2D eigenvalue weighted by atomic mass is 10.1. The van der Waals surface area contributed by atoms with Crippen LogP contribution in [0.3, 0.4) is 0 Å². The molecule has 1 unspecified atom stereocenters. The molecule has 0 bridgehead atoms. The highest BCUT2D eigenvalue weighted by molar-refractivity contribution is 7.09. The van der Waals surface area contributed by atoms with E-state index < -0.39 is 0 Å². The summed E-state index contributed by atoms with van der Waals surface area (Å²) in [6.07, 6.45) is 3.20. The topological polar surface area (TPSA) is 34.1 Å². The van der Waals surface area contributed by atoms with Crippen molar-refractivity contribution >= 4 is 11.3 Å². The molecule has 0 fully saturated rings. The van der Waals surface area contributed by atoms with Crippen LogP contribution in [0, 0.1) is 0 Å². The van der Waals surface area contributed by atoms with E-state index in [9.17, 15) is 0 Å². The Kier molecular flexibility index (Phi) is 6.86. The summed E-state index contributed by atoms with van der Waals surface area (Å²) in [6, 6.07) is 10.8. The second-order valence-corrected chi connectivity index (χ2v) is 5.96. The molecular weight excluding hydrogens is 280 g/mol. The minimum atomic E-state index is 0.472. The van der Waals surface area contributed by atoms with E-state index in [4.69, 9.17) is 9.72 Å². The number of hydrogen-bond donors (Lipinski definition) is 1. The molecule has 0 amide bonds. The van der Waals surface area contributed by atoms with Crippen molar-refractivity contribution in [2.45, 2.75) is 32.2 Å². The first-order chi connectivity index (χ1) is 10.3. The second kappa shape index (κ2) is 8.93. The standard InChI is InChI=1S/C17H24N2OS/c1-3-20-11-7-10-15(18-2)12-17-19-16(13-21-17)14-8-5-4-6-9-14/h4-6,8-9,13,15,18H,3,7,10-12H2,1-2H3. The molecule has 0 aliphatic carbocycles. The van der Waals surface area contributed by atoms with Crippen LogP contribution in [0.4, 0.5) is 0 Å². The van der Waals surface area contributed by atoms with Crippen LogP contribution in [-0.4, -0.2) is 31.3 Å². The molecule has 1 heterocycles. The van der Waals surface area contributed by atoms with Crippen LogP contribution in [0.25, 0.3) is 11.3 Å². The zero-order chi connectivity index (χ0) is 14.9. The number of hydrogen-bond acceptors (Lipinski definition) is 4. The van der Waals surface area contributed by atoms with Crippen LogP contribution in [0.2, 0.25) is 0 Å². The van der Waals surface area contributed by atoms with Gasteiger partial charge in [0.25, 0.3) is 0 Å². The summed E-state index contributed by atoms with van der Waals surface area (Å²) in [6.45, 7) is 3.69. The van der Waals surface area contributed by atoms with Gasteiger partial charge in [0.05, 0.1) is 10.7 Å². The third-order valence-electron chi connectivity index (χ3n) is 3.50. The fourth-order valence-corrected chi connectivity index (χ4v) is 3.17. The first kappa shape index (κ1) is 16.1. The van der Waals surface area contributed by atoms with E-state index in [1.54, 1.807) is 11.3 Å². The minimum Gasteiger partial charge on any atom is -0.382 e. The van der Waals surface area contributed by atoms with Gasteiger partial charge in [-0.15, -0.1) is 11.3 Å². The molecule has 0 saturated heterocycles. The Hall–Kier alpha value is -1.23. The molecule has 1 aromatic carbocycles. The van der Waals surface area contributed by atoms with Crippen LogP contribution in [0.15, 0.2) is 35.7 Å². The van der Waals surface area contributed by atoms with Gasteiger partial charge < -0.3 is 10.1 Å². The maximum absolute atomic E-state index is 5.40. The van der Waals surface area contributed by atoms with Crippen molar-refractivity contribution < 1.29 is 4.74 Å². The average Bonchev–Trinajstić information content (AvgIpc) is 3.00. The molecule has 2 rings (SSSR count). The number of rotatable bonds is 9. The maximum atomic E-state index is 5.40. The summed E-state index contributed by atoms with van der Waals surface area (Å²) < 4.78 is 5.40. The fraction of sp³-hybridized carbons (Fsp3) is 0.471. The number of thiazole rings is 1. The van der Waals surface area contributed by atoms with E-state index >= 15 is 0 Å². The quantitative estimate of drug-likeness (QED) is 0.716. The summed E-state index contributed by atoms with van der Waals surface area (Å²) in [5, 5.41) is 6.74. The van der Waals surface area contributed by atoms with Gasteiger partial charge in [-0.3, -0.25) is 0 Å². The first-order valence-corrected chi connectivity index (χ1v) is 8.46. The van der Waals surface area contributed by atoms with Crippen molar-refractivity contribution in [1.82, 2.24) is 10.3 Å². The molecule has 21 heavy (non-hydrogen) atoms. The van der Waals surface area contributed by atoms with Gasteiger partial charge in [-0.1, -0.05) is 30.3 Å². The van der Waals surface area contributed by atoms with Crippen molar-refractivity contribution in [2.75, 3.05) is 20.3 Å². The highest BCUT2D eigenvalue weighted by atomic mass is 32.1. The molecule has 3 nitrogen and oxygen atoms in total. The van der Waals surface area contributed by atoms with E-state index in [-0.39, 0.29) is 0 Å². The predicted molar refractivity (Wildman–Crippen MR) is 89.8 cm³/mol. The molecule has 0 aliphatic rings. The Morgan fingerprint density at radius 3 is 2.81 bits per heavy atom. The van der Waals surface area contributed by atoms with Crippen LogP contribution in [0.5, 0.6) is 0 Å². The molecule has 0 radical (unpaired) electrons. The highest BCUT2D eigenvalue weighted by Crippen LogP contribution is 2.22. The number of nitrogens with zero attached hydrogens (tertiary/aromatic N) is 1. The molecule has 0 saturated carbocycles. The lowest BCUT2D eigenvalue weighted by Gasteiger charge is -2.14. The maximum Gasteiger partial charge on any atom is 0.0948 e. The number of likely N-dealkylation sites (N-methyl/N-ethyl adjacent to an activating group) is 1. The van der Waals surface area contributed by atoms with Gasteiger partial charge in [0.1, 0.15) is 0 Å². The molecule has 1 atom stereocenters. The van der Waals surface area contributed by atoms with Gasteiger partial charge in [0, 0.05) is 36.6 Å². The van der Waals surface area contributed by atoms with Gasteiger partial charge in [-0.25, -0.2) is 4.98 Å². The molecule has 0 aliphatic heterocycles. The Morgan fingerprint density at radius 2 is 2.10 bits per heavy atom. The minimum absolute atomic E-state index is 0.472. The largest absolute Gasteiger partial charge is 0.382 e. The fourth-order valence-electron chi connectivity index (χ4n) is 2.28. The van der Waals surface area contributed by atoms with Gasteiger partial charge in [-0.2, -0.15) is 0 Å². The molecule has 114 valence electrons. The number of benzene rings is 1. The number of aromatic nitrogens is 1. The van der Waals surface area contributed by atoms with Gasteiger partial charge in [0.2, 0.25) is 0 Å². The van der Waals surface area contributed by atoms with Crippen LogP contribution < -0.4 is 5.32 Å². The molecule has 2 aromatic rings. The van der Waals surface area contributed by atoms with E-state index in [2.05, 4.69) is 35.0 Å². The second-order valence-electron chi connectivity index (χ2n) is 5.02. The first-order valence-electron chi connectivity index (χ1n) is 7.58. The monoisotopic (exact) mass is 304 g/mol. The van der Waals surface area contributed by atoms with Crippen LogP contribution in [-0.2, 0) is 11.2 Å². The smallest absolute Gasteiger partial charge is 0.0948 e. The van der Waals surface area contributed by atoms with Crippen LogP contribution >= 0.6 is 11.3 Å². The highest BCUT2D eigenvalue weighted by Gasteiger charge is 2.11. The summed E-state index contributed by atoms with van der Waals surface area (Å²) in [4.78, 5) is 4.76. The van der Waals surface area contributed by atoms with Gasteiger partial charge in [-0.05, 0) is 26.8 Å². The summed E-state index contributed by atoms with van der Waals surface area (Å²) in [7, 11) is 2.02. The third-order valence-corrected chi connectivity index (χ3v) is 4.37. The predicted octanol–water partition coefficient (Wildman–Crippen LogP) is 3.76. The van der Waals surface area contributed by atoms with Crippen molar-refractivity contribution in [2.24, 2.45) is 0 Å². The number of nitrogens with one attached hydrogen (secondary N) is 1. The average molecular weight is 304 g/mol. The molecule has 4 heteroatoms. The summed E-state index contributed by atoms with van der Waals surface area (Å²) >= 11 is 1.75. The number of ether oxygens (including phenoxy) is 1. The Bertz CT molecular complexity index is 513. The van der Waals surface area contributed by atoms with E-state index in [0.29, 0.717) is 6.04 Å². The molecular formula is C17H24N2OS. The Balaban J connectivity index is 1.88. The normalized spacial score (nSPS) is 12.5. The van der Waals surface area contributed by atoms with Gasteiger partial charge in [0.15, 0.2) is 0 Å². The van der Waals surface area contributed by atoms with Crippen molar-refractivity contribution in [1.29, 1.82) is 0 Å². The van der Waals surface area contributed by atoms with Gasteiger partial charge >= 0.3 is 0 Å². The van der Waals surface area contributed by atoms with Crippen molar-refractivity contribution in [3.8, 4) is 11.3 Å². The Morgan fingerprint density at radius 1 is 1.29 bits per heavy atom. The van der Waals surface area contributed by atoms with Crippen molar-refractivity contribution in [3.63, 3.8) is 0 Å².